The minimum absolute atomic E-state index is 0.452. The molecule has 0 aliphatic carbocycles. The van der Waals surface area contributed by atoms with E-state index in [2.05, 4.69) is 22.4 Å². The molecule has 0 aliphatic rings. The Kier molecular flexibility index (Phi) is 6.20. The van der Waals surface area contributed by atoms with E-state index in [1.54, 1.807) is 6.20 Å². The van der Waals surface area contributed by atoms with Crippen molar-refractivity contribution in [2.75, 3.05) is 13.2 Å². The lowest BCUT2D eigenvalue weighted by Gasteiger charge is -2.01. The molecule has 0 atom stereocenters. The summed E-state index contributed by atoms with van der Waals surface area (Å²) >= 11 is 0. The topological polar surface area (TPSA) is 60.2 Å². The SMILES string of the molecule is CCCNCc1cc(COCCc2ccccn2)on1. The highest BCUT2D eigenvalue weighted by atomic mass is 16.5. The zero-order chi connectivity index (χ0) is 14.0. The van der Waals surface area contributed by atoms with Gasteiger partial charge in [0.05, 0.1) is 12.3 Å². The predicted molar refractivity (Wildman–Crippen MR) is 76.1 cm³/mol. The lowest BCUT2D eigenvalue weighted by molar-refractivity contribution is 0.103. The third-order valence-corrected chi connectivity index (χ3v) is 2.81. The molecule has 2 aromatic heterocycles. The second-order valence-electron chi connectivity index (χ2n) is 4.58. The van der Waals surface area contributed by atoms with E-state index in [9.17, 15) is 0 Å². The summed E-state index contributed by atoms with van der Waals surface area (Å²) in [6.07, 6.45) is 3.71. The van der Waals surface area contributed by atoms with Crippen molar-refractivity contribution in [2.24, 2.45) is 0 Å². The molecule has 0 unspecified atom stereocenters. The van der Waals surface area contributed by atoms with Crippen molar-refractivity contribution in [1.82, 2.24) is 15.5 Å². The fourth-order valence-corrected chi connectivity index (χ4v) is 1.80. The maximum absolute atomic E-state index is 5.57. The minimum Gasteiger partial charge on any atom is -0.373 e. The van der Waals surface area contributed by atoms with Crippen molar-refractivity contribution in [1.29, 1.82) is 0 Å². The van der Waals surface area contributed by atoms with E-state index in [1.165, 1.54) is 0 Å². The van der Waals surface area contributed by atoms with Gasteiger partial charge in [-0.3, -0.25) is 4.98 Å². The standard InChI is InChI=1S/C15H21N3O2/c1-2-7-16-11-14-10-15(20-18-14)12-19-9-6-13-5-3-4-8-17-13/h3-5,8,10,16H,2,6-7,9,11-12H2,1H3. The first-order chi connectivity index (χ1) is 9.88. The fourth-order valence-electron chi connectivity index (χ4n) is 1.80. The van der Waals surface area contributed by atoms with Crippen LogP contribution in [0.4, 0.5) is 0 Å². The Morgan fingerprint density at radius 1 is 1.30 bits per heavy atom. The van der Waals surface area contributed by atoms with Crippen LogP contribution in [0.5, 0.6) is 0 Å². The van der Waals surface area contributed by atoms with Crippen molar-refractivity contribution in [2.45, 2.75) is 32.9 Å². The second-order valence-corrected chi connectivity index (χ2v) is 4.58. The molecule has 5 nitrogen and oxygen atoms in total. The molecule has 0 saturated heterocycles. The first kappa shape index (κ1) is 14.7. The summed E-state index contributed by atoms with van der Waals surface area (Å²) in [4.78, 5) is 4.25. The number of hydrogen-bond acceptors (Lipinski definition) is 5. The minimum atomic E-state index is 0.452. The Bertz CT molecular complexity index is 485. The molecule has 2 aromatic rings. The Labute approximate surface area is 119 Å². The summed E-state index contributed by atoms with van der Waals surface area (Å²) in [5.41, 5.74) is 1.95. The normalized spacial score (nSPS) is 10.8. The summed E-state index contributed by atoms with van der Waals surface area (Å²) in [5.74, 6) is 0.763. The zero-order valence-corrected chi connectivity index (χ0v) is 11.8. The average Bonchev–Trinajstić information content (AvgIpc) is 2.93. The molecule has 2 rings (SSSR count). The van der Waals surface area contributed by atoms with E-state index in [4.69, 9.17) is 9.26 Å². The molecule has 2 heterocycles. The molecule has 0 bridgehead atoms. The maximum atomic E-state index is 5.57. The highest BCUT2D eigenvalue weighted by Crippen LogP contribution is 2.05. The largest absolute Gasteiger partial charge is 0.373 e. The van der Waals surface area contributed by atoms with E-state index in [1.807, 2.05) is 24.3 Å². The van der Waals surface area contributed by atoms with Crippen LogP contribution in [0.2, 0.25) is 0 Å². The van der Waals surface area contributed by atoms with E-state index >= 15 is 0 Å². The Balaban J connectivity index is 1.64. The van der Waals surface area contributed by atoms with Gasteiger partial charge in [0.15, 0.2) is 5.76 Å². The summed E-state index contributed by atoms with van der Waals surface area (Å²) in [5, 5.41) is 7.28. The van der Waals surface area contributed by atoms with Crippen LogP contribution in [-0.2, 0) is 24.3 Å². The molecule has 108 valence electrons. The molecule has 0 aliphatic heterocycles. The van der Waals surface area contributed by atoms with Gasteiger partial charge in [-0.2, -0.15) is 0 Å². The van der Waals surface area contributed by atoms with E-state index < -0.39 is 0 Å². The van der Waals surface area contributed by atoms with Gasteiger partial charge in [-0.15, -0.1) is 0 Å². The fraction of sp³-hybridized carbons (Fsp3) is 0.467. The first-order valence-electron chi connectivity index (χ1n) is 7.01. The van der Waals surface area contributed by atoms with Gasteiger partial charge in [0, 0.05) is 30.9 Å². The van der Waals surface area contributed by atoms with Gasteiger partial charge in [-0.05, 0) is 25.1 Å². The predicted octanol–water partition coefficient (Wildman–Crippen LogP) is 2.33. The summed E-state index contributed by atoms with van der Waals surface area (Å²) in [6.45, 7) is 4.94. The van der Waals surface area contributed by atoms with Crippen LogP contribution in [-0.4, -0.2) is 23.3 Å². The van der Waals surface area contributed by atoms with Crippen LogP contribution in [0.3, 0.4) is 0 Å². The molecular formula is C15H21N3O2. The number of pyridine rings is 1. The lowest BCUT2D eigenvalue weighted by Crippen LogP contribution is -2.13. The van der Waals surface area contributed by atoms with Gasteiger partial charge < -0.3 is 14.6 Å². The third kappa shape index (κ3) is 5.11. The molecule has 0 amide bonds. The second kappa shape index (κ2) is 8.45. The van der Waals surface area contributed by atoms with Crippen LogP contribution >= 0.6 is 0 Å². The molecule has 0 aromatic carbocycles. The van der Waals surface area contributed by atoms with Gasteiger partial charge in [-0.25, -0.2) is 0 Å². The number of nitrogens with one attached hydrogen (secondary N) is 1. The molecule has 0 spiro atoms. The number of hydrogen-bond donors (Lipinski definition) is 1. The van der Waals surface area contributed by atoms with Crippen molar-refractivity contribution >= 4 is 0 Å². The van der Waals surface area contributed by atoms with Crippen LogP contribution in [0, 0.1) is 0 Å². The summed E-state index contributed by atoms with van der Waals surface area (Å²) < 4.78 is 10.8. The molecule has 5 heteroatoms. The Morgan fingerprint density at radius 3 is 3.05 bits per heavy atom. The van der Waals surface area contributed by atoms with Crippen molar-refractivity contribution < 1.29 is 9.26 Å². The van der Waals surface area contributed by atoms with Gasteiger partial charge >= 0.3 is 0 Å². The Hall–Kier alpha value is -1.72. The number of nitrogens with zero attached hydrogens (tertiary/aromatic N) is 2. The van der Waals surface area contributed by atoms with Crippen LogP contribution in [0.15, 0.2) is 35.0 Å². The highest BCUT2D eigenvalue weighted by Gasteiger charge is 2.04. The van der Waals surface area contributed by atoms with Crippen LogP contribution < -0.4 is 5.32 Å². The number of ether oxygens (including phenoxy) is 1. The van der Waals surface area contributed by atoms with Crippen molar-refractivity contribution in [3.8, 4) is 0 Å². The summed E-state index contributed by atoms with van der Waals surface area (Å²) in [6, 6.07) is 7.82. The highest BCUT2D eigenvalue weighted by molar-refractivity contribution is 5.05. The first-order valence-corrected chi connectivity index (χ1v) is 7.01. The molecule has 1 N–H and O–H groups in total. The quantitative estimate of drug-likeness (QED) is 0.712. The van der Waals surface area contributed by atoms with E-state index in [0.29, 0.717) is 13.2 Å². The molecule has 0 saturated carbocycles. The average molecular weight is 275 g/mol. The molecule has 0 fully saturated rings. The van der Waals surface area contributed by atoms with Gasteiger partial charge in [0.25, 0.3) is 0 Å². The lowest BCUT2D eigenvalue weighted by atomic mass is 10.3. The van der Waals surface area contributed by atoms with E-state index in [0.717, 1.165) is 43.1 Å². The smallest absolute Gasteiger partial charge is 0.162 e. The number of rotatable bonds is 9. The molecule has 0 radical (unpaired) electrons. The monoisotopic (exact) mass is 275 g/mol. The zero-order valence-electron chi connectivity index (χ0n) is 11.8. The van der Waals surface area contributed by atoms with Crippen molar-refractivity contribution in [3.05, 3.63) is 47.6 Å². The Morgan fingerprint density at radius 2 is 2.25 bits per heavy atom. The molecular weight excluding hydrogens is 254 g/mol. The van der Waals surface area contributed by atoms with Gasteiger partial charge in [0.1, 0.15) is 6.61 Å². The van der Waals surface area contributed by atoms with Crippen LogP contribution in [0.25, 0.3) is 0 Å². The summed E-state index contributed by atoms with van der Waals surface area (Å²) in [7, 11) is 0. The number of aromatic nitrogens is 2. The van der Waals surface area contributed by atoms with Gasteiger partial charge in [-0.1, -0.05) is 18.1 Å². The maximum Gasteiger partial charge on any atom is 0.162 e. The third-order valence-electron chi connectivity index (χ3n) is 2.81. The molecule has 20 heavy (non-hydrogen) atoms. The van der Waals surface area contributed by atoms with E-state index in [-0.39, 0.29) is 0 Å². The van der Waals surface area contributed by atoms with Crippen molar-refractivity contribution in [3.63, 3.8) is 0 Å². The van der Waals surface area contributed by atoms with Crippen LogP contribution in [0.1, 0.15) is 30.5 Å². The van der Waals surface area contributed by atoms with Gasteiger partial charge in [0.2, 0.25) is 0 Å².